The summed E-state index contributed by atoms with van der Waals surface area (Å²) in [6.07, 6.45) is 34.0. The molecule has 0 radical (unpaired) electrons. The van der Waals surface area contributed by atoms with Crippen LogP contribution in [0.25, 0.3) is 0 Å². The highest BCUT2D eigenvalue weighted by molar-refractivity contribution is 7.85. The molecule has 8 heteroatoms. The van der Waals surface area contributed by atoms with Crippen LogP contribution in [0.1, 0.15) is 213 Å². The fourth-order valence-electron chi connectivity index (χ4n) is 6.34. The van der Waals surface area contributed by atoms with Gasteiger partial charge in [-0.05, 0) is 12.8 Å². The van der Waals surface area contributed by atoms with E-state index in [-0.39, 0.29) is 0 Å². The van der Waals surface area contributed by atoms with E-state index in [0.717, 1.165) is 44.9 Å². The molecular weight excluding hydrogens is 598 g/mol. The Bertz CT molecular complexity index is 762. The molecule has 0 aliphatic heterocycles. The number of carbonyl (C=O) groups is 1. The van der Waals surface area contributed by atoms with Crippen molar-refractivity contribution in [3.8, 4) is 0 Å². The minimum Gasteiger partial charge on any atom is -0.391 e. The smallest absolute Gasteiger partial charge is 0.266 e. The largest absolute Gasteiger partial charge is 0.391 e. The van der Waals surface area contributed by atoms with Gasteiger partial charge in [-0.2, -0.15) is 8.42 Å². The van der Waals surface area contributed by atoms with Crippen LogP contribution in [0, 0.1) is 0 Å². The zero-order valence-corrected chi connectivity index (χ0v) is 31.2. The molecule has 0 aromatic carbocycles. The van der Waals surface area contributed by atoms with E-state index in [1.807, 2.05) is 0 Å². The highest BCUT2D eigenvalue weighted by Crippen LogP contribution is 2.16. The molecule has 0 saturated carbocycles. The van der Waals surface area contributed by atoms with Crippen molar-refractivity contribution in [1.29, 1.82) is 0 Å². The van der Waals surface area contributed by atoms with E-state index in [2.05, 4.69) is 19.2 Å². The Morgan fingerprint density at radius 3 is 1.09 bits per heavy atom. The SMILES string of the molecule is CCCCCCCCCCCCCCCCCC(O)C(=O)NC(CS(=O)(=O)O)C(O)CCCCCCCCCCCCCCCC. The highest BCUT2D eigenvalue weighted by Gasteiger charge is 2.28. The van der Waals surface area contributed by atoms with E-state index in [1.165, 1.54) is 141 Å². The van der Waals surface area contributed by atoms with Gasteiger partial charge in [0, 0.05) is 0 Å². The normalized spacial score (nSPS) is 13.9. The number of aliphatic hydroxyl groups excluding tert-OH is 2. The number of hydrogen-bond donors (Lipinski definition) is 4. The molecule has 0 aromatic rings. The summed E-state index contributed by atoms with van der Waals surface area (Å²) in [7, 11) is -4.40. The lowest BCUT2D eigenvalue weighted by Gasteiger charge is -2.24. The van der Waals surface area contributed by atoms with Gasteiger partial charge in [-0.25, -0.2) is 0 Å². The molecule has 4 N–H and O–H groups in total. The van der Waals surface area contributed by atoms with Crippen molar-refractivity contribution in [1.82, 2.24) is 5.32 Å². The first-order chi connectivity index (χ1) is 22.2. The van der Waals surface area contributed by atoms with Crippen LogP contribution < -0.4 is 5.32 Å². The molecule has 0 rings (SSSR count). The minimum absolute atomic E-state index is 0.303. The maximum Gasteiger partial charge on any atom is 0.266 e. The Morgan fingerprint density at radius 1 is 0.500 bits per heavy atom. The maximum absolute atomic E-state index is 12.6. The summed E-state index contributed by atoms with van der Waals surface area (Å²) in [6.45, 7) is 4.50. The van der Waals surface area contributed by atoms with E-state index in [9.17, 15) is 28.0 Å². The van der Waals surface area contributed by atoms with Crippen LogP contribution in [0.5, 0.6) is 0 Å². The number of unbranched alkanes of at least 4 members (excludes halogenated alkanes) is 27. The predicted molar refractivity (Wildman–Crippen MR) is 195 cm³/mol. The van der Waals surface area contributed by atoms with Gasteiger partial charge in [-0.1, -0.05) is 200 Å². The monoisotopic (exact) mass is 676 g/mol. The van der Waals surface area contributed by atoms with Crippen LogP contribution in [0.2, 0.25) is 0 Å². The van der Waals surface area contributed by atoms with Gasteiger partial charge in [0.05, 0.1) is 17.9 Å². The molecule has 0 aliphatic carbocycles. The maximum atomic E-state index is 12.6. The van der Waals surface area contributed by atoms with Crippen molar-refractivity contribution in [2.75, 3.05) is 5.75 Å². The third-order valence-electron chi connectivity index (χ3n) is 9.42. The third kappa shape index (κ3) is 31.9. The van der Waals surface area contributed by atoms with Crippen molar-refractivity contribution in [2.45, 2.75) is 231 Å². The lowest BCUT2D eigenvalue weighted by molar-refractivity contribution is -0.131. The van der Waals surface area contributed by atoms with Crippen LogP contribution >= 0.6 is 0 Å². The minimum atomic E-state index is -4.40. The van der Waals surface area contributed by atoms with Gasteiger partial charge in [-0.15, -0.1) is 0 Å². The summed E-state index contributed by atoms with van der Waals surface area (Å²) in [5.41, 5.74) is 0. The number of hydrogen-bond acceptors (Lipinski definition) is 5. The summed E-state index contributed by atoms with van der Waals surface area (Å²) >= 11 is 0. The molecule has 0 aliphatic rings. The van der Waals surface area contributed by atoms with E-state index in [4.69, 9.17) is 0 Å². The van der Waals surface area contributed by atoms with Crippen molar-refractivity contribution >= 4 is 16.0 Å². The second kappa shape index (κ2) is 32.8. The van der Waals surface area contributed by atoms with Gasteiger partial charge in [0.1, 0.15) is 6.10 Å². The first-order valence-electron chi connectivity index (χ1n) is 19.8. The van der Waals surface area contributed by atoms with Crippen molar-refractivity contribution in [3.63, 3.8) is 0 Å². The standard InChI is InChI=1S/C38H77NO6S/c1-3-5-7-9-11-13-15-17-19-21-23-25-27-29-31-33-37(41)38(42)39-35(34-46(43,44)45)36(40)32-30-28-26-24-22-20-18-16-14-12-10-8-6-4-2/h35-37,40-41H,3-34H2,1-2H3,(H,39,42)(H,43,44,45). The van der Waals surface area contributed by atoms with Gasteiger partial charge in [-0.3, -0.25) is 9.35 Å². The fraction of sp³-hybridized carbons (Fsp3) is 0.974. The molecule has 3 atom stereocenters. The Hall–Kier alpha value is -0.700. The molecule has 276 valence electrons. The van der Waals surface area contributed by atoms with Crippen molar-refractivity contribution in [3.05, 3.63) is 0 Å². The van der Waals surface area contributed by atoms with Gasteiger partial charge in [0.15, 0.2) is 0 Å². The lowest BCUT2D eigenvalue weighted by Crippen LogP contribution is -2.50. The summed E-state index contributed by atoms with van der Waals surface area (Å²) in [5.74, 6) is -1.44. The summed E-state index contributed by atoms with van der Waals surface area (Å²) < 4.78 is 32.5. The Labute approximate surface area is 285 Å². The molecule has 0 saturated heterocycles. The number of rotatable bonds is 36. The number of carbonyl (C=O) groups excluding carboxylic acids is 1. The number of aliphatic hydroxyl groups is 2. The molecule has 0 fully saturated rings. The molecule has 0 aromatic heterocycles. The summed E-state index contributed by atoms with van der Waals surface area (Å²) in [4.78, 5) is 12.6. The van der Waals surface area contributed by atoms with Gasteiger partial charge in [0.2, 0.25) is 5.91 Å². The number of nitrogens with one attached hydrogen (secondary N) is 1. The summed E-state index contributed by atoms with van der Waals surface area (Å²) in [6, 6.07) is -1.14. The molecule has 1 amide bonds. The van der Waals surface area contributed by atoms with Gasteiger partial charge < -0.3 is 15.5 Å². The first kappa shape index (κ1) is 45.3. The van der Waals surface area contributed by atoms with Crippen molar-refractivity contribution in [2.24, 2.45) is 0 Å². The molecule has 0 spiro atoms. The Morgan fingerprint density at radius 2 is 0.783 bits per heavy atom. The van der Waals surface area contributed by atoms with Gasteiger partial charge >= 0.3 is 0 Å². The van der Waals surface area contributed by atoms with E-state index in [0.29, 0.717) is 12.8 Å². The molecule has 3 unspecified atom stereocenters. The average Bonchev–Trinajstić information content (AvgIpc) is 3.01. The zero-order valence-electron chi connectivity index (χ0n) is 30.3. The number of amides is 1. The predicted octanol–water partition coefficient (Wildman–Crippen LogP) is 10.2. The molecule has 46 heavy (non-hydrogen) atoms. The van der Waals surface area contributed by atoms with E-state index >= 15 is 0 Å². The third-order valence-corrected chi connectivity index (χ3v) is 10.2. The Kier molecular flexibility index (Phi) is 32.3. The van der Waals surface area contributed by atoms with Crippen LogP contribution in [0.3, 0.4) is 0 Å². The second-order valence-corrected chi connectivity index (χ2v) is 15.6. The quantitative estimate of drug-likeness (QED) is 0.0387. The zero-order chi connectivity index (χ0) is 34.1. The highest BCUT2D eigenvalue weighted by atomic mass is 32.2. The second-order valence-electron chi connectivity index (χ2n) is 14.1. The van der Waals surface area contributed by atoms with E-state index < -0.39 is 40.0 Å². The van der Waals surface area contributed by atoms with Gasteiger partial charge in [0.25, 0.3) is 10.1 Å². The van der Waals surface area contributed by atoms with Crippen molar-refractivity contribution < 1.29 is 28.0 Å². The van der Waals surface area contributed by atoms with Crippen LogP contribution in [-0.2, 0) is 14.9 Å². The fourth-order valence-corrected chi connectivity index (χ4v) is 7.10. The molecule has 0 heterocycles. The molecule has 7 nitrogen and oxygen atoms in total. The lowest BCUT2D eigenvalue weighted by atomic mass is 10.0. The summed E-state index contributed by atoms with van der Waals surface area (Å²) in [5, 5.41) is 23.5. The molecular formula is C38H77NO6S. The van der Waals surface area contributed by atoms with Crippen LogP contribution in [0.15, 0.2) is 0 Å². The van der Waals surface area contributed by atoms with E-state index in [1.54, 1.807) is 0 Å². The van der Waals surface area contributed by atoms with Crippen LogP contribution in [-0.4, -0.2) is 53.1 Å². The first-order valence-corrected chi connectivity index (χ1v) is 21.4. The topological polar surface area (TPSA) is 124 Å². The average molecular weight is 676 g/mol. The molecule has 0 bridgehead atoms. The Balaban J connectivity index is 3.98. The van der Waals surface area contributed by atoms with Crippen LogP contribution in [0.4, 0.5) is 0 Å².